The Hall–Kier alpha value is -2.56. The highest BCUT2D eigenvalue weighted by atomic mass is 32.2. The Labute approximate surface area is 144 Å². The molecule has 0 aliphatic carbocycles. The van der Waals surface area contributed by atoms with E-state index in [1.165, 1.54) is 13.2 Å². The van der Waals surface area contributed by atoms with Crippen LogP contribution >= 0.6 is 11.8 Å². The number of methoxy groups -OCH3 is 1. The normalized spacial score (nSPS) is 11.2. The van der Waals surface area contributed by atoms with E-state index >= 15 is 0 Å². The van der Waals surface area contributed by atoms with Gasteiger partial charge in [-0.2, -0.15) is 13.2 Å². The first-order valence-corrected chi connectivity index (χ1v) is 7.79. The summed E-state index contributed by atoms with van der Waals surface area (Å²) in [5, 5.41) is 8.49. The van der Waals surface area contributed by atoms with Gasteiger partial charge in [-0.25, -0.2) is 0 Å². The van der Waals surface area contributed by atoms with E-state index in [1.807, 2.05) is 0 Å². The van der Waals surface area contributed by atoms with Crippen molar-refractivity contribution in [2.45, 2.75) is 11.3 Å². The number of rotatable bonds is 5. The van der Waals surface area contributed by atoms with E-state index in [0.717, 1.165) is 23.4 Å². The van der Waals surface area contributed by atoms with Crippen molar-refractivity contribution < 1.29 is 27.5 Å². The van der Waals surface area contributed by atoms with E-state index in [-0.39, 0.29) is 16.5 Å². The van der Waals surface area contributed by atoms with Crippen LogP contribution in [0.15, 0.2) is 29.4 Å². The number of thioether (sulfide) groups is 1. The summed E-state index contributed by atoms with van der Waals surface area (Å²) in [6.45, 7) is 0. The van der Waals surface area contributed by atoms with E-state index in [4.69, 9.17) is 4.74 Å². The second kappa shape index (κ2) is 7.55. The Bertz CT molecular complexity index is 792. The van der Waals surface area contributed by atoms with Crippen molar-refractivity contribution in [1.82, 2.24) is 20.1 Å². The summed E-state index contributed by atoms with van der Waals surface area (Å²) in [7, 11) is 2.53. The summed E-state index contributed by atoms with van der Waals surface area (Å²) in [5.41, 5.74) is 0.168. The van der Waals surface area contributed by atoms with E-state index in [0.29, 0.717) is 5.75 Å². The minimum absolute atomic E-state index is 0.0905. The zero-order valence-electron chi connectivity index (χ0n) is 13.1. The summed E-state index contributed by atoms with van der Waals surface area (Å²) >= 11 is 0.733. The lowest BCUT2D eigenvalue weighted by Gasteiger charge is -2.08. The van der Waals surface area contributed by atoms with Crippen molar-refractivity contribution in [3.63, 3.8) is 0 Å². The fourth-order valence-corrected chi connectivity index (χ4v) is 2.59. The van der Waals surface area contributed by atoms with Crippen LogP contribution < -0.4 is 10.1 Å². The minimum atomic E-state index is -4.64. The molecule has 0 aliphatic rings. The van der Waals surface area contributed by atoms with Gasteiger partial charge in [-0.1, -0.05) is 23.9 Å². The molecule has 7 nitrogen and oxygen atoms in total. The molecule has 0 saturated heterocycles. The molecule has 0 spiro atoms. The van der Waals surface area contributed by atoms with Crippen LogP contribution in [0.5, 0.6) is 5.75 Å². The molecule has 0 saturated carbocycles. The van der Waals surface area contributed by atoms with Crippen LogP contribution in [0.4, 0.5) is 13.2 Å². The van der Waals surface area contributed by atoms with Crippen LogP contribution in [0.25, 0.3) is 0 Å². The van der Waals surface area contributed by atoms with Gasteiger partial charge in [0.25, 0.3) is 5.91 Å². The molecule has 1 heterocycles. The molecule has 134 valence electrons. The van der Waals surface area contributed by atoms with Gasteiger partial charge in [0.15, 0.2) is 5.16 Å². The van der Waals surface area contributed by atoms with Crippen LogP contribution in [0.2, 0.25) is 0 Å². The summed E-state index contributed by atoms with van der Waals surface area (Å²) < 4.78 is 43.6. The Morgan fingerprint density at radius 1 is 1.28 bits per heavy atom. The van der Waals surface area contributed by atoms with Crippen LogP contribution in [-0.4, -0.2) is 39.4 Å². The Kier molecular flexibility index (Phi) is 5.67. The average Bonchev–Trinajstić information content (AvgIpc) is 2.93. The number of nitrogens with one attached hydrogen (secondary N) is 1. The largest absolute Gasteiger partial charge is 0.496 e. The molecule has 0 atom stereocenters. The predicted molar refractivity (Wildman–Crippen MR) is 82.2 cm³/mol. The van der Waals surface area contributed by atoms with Gasteiger partial charge in [0.2, 0.25) is 11.7 Å². The van der Waals surface area contributed by atoms with Crippen molar-refractivity contribution in [3.8, 4) is 5.75 Å². The third-order valence-electron chi connectivity index (χ3n) is 3.03. The molecule has 2 aromatic rings. The van der Waals surface area contributed by atoms with E-state index in [9.17, 15) is 22.8 Å². The monoisotopic (exact) mass is 374 g/mol. The molecule has 25 heavy (non-hydrogen) atoms. The van der Waals surface area contributed by atoms with Gasteiger partial charge in [-0.05, 0) is 12.1 Å². The molecule has 0 bridgehead atoms. The number of nitrogens with zero attached hydrogens (tertiary/aromatic N) is 3. The number of carbonyl (C=O) groups excluding carboxylic acids is 2. The maximum Gasteiger partial charge on any atom is 0.451 e. The molecule has 0 radical (unpaired) electrons. The second-order valence-electron chi connectivity index (χ2n) is 4.73. The number of ether oxygens (including phenoxy) is 1. The Balaban J connectivity index is 1.97. The van der Waals surface area contributed by atoms with Gasteiger partial charge in [-0.3, -0.25) is 14.9 Å². The average molecular weight is 374 g/mol. The first-order chi connectivity index (χ1) is 11.7. The Morgan fingerprint density at radius 3 is 2.56 bits per heavy atom. The smallest absolute Gasteiger partial charge is 0.451 e. The molecule has 1 aromatic heterocycles. The topological polar surface area (TPSA) is 86.1 Å². The molecule has 2 amide bonds. The summed E-state index contributed by atoms with van der Waals surface area (Å²) in [6.07, 6.45) is -4.64. The number of benzene rings is 1. The fourth-order valence-electron chi connectivity index (χ4n) is 1.88. The first-order valence-electron chi connectivity index (χ1n) is 6.80. The highest BCUT2D eigenvalue weighted by molar-refractivity contribution is 7.99. The molecule has 0 fully saturated rings. The number of hydrogen-bond donors (Lipinski definition) is 1. The minimum Gasteiger partial charge on any atom is -0.496 e. The van der Waals surface area contributed by atoms with Crippen molar-refractivity contribution in [1.29, 1.82) is 0 Å². The highest BCUT2D eigenvalue weighted by Crippen LogP contribution is 2.29. The van der Waals surface area contributed by atoms with E-state index in [2.05, 4.69) is 15.5 Å². The number of hydrogen-bond acceptors (Lipinski definition) is 6. The summed E-state index contributed by atoms with van der Waals surface area (Å²) in [6, 6.07) is 6.31. The SMILES string of the molecule is COc1ccccc1C(=O)NC(=O)CSc1nnc(C(F)(F)F)n1C. The number of carbonyl (C=O) groups is 2. The number of para-hydroxylation sites is 1. The zero-order chi connectivity index (χ0) is 18.6. The van der Waals surface area contributed by atoms with Gasteiger partial charge in [-0.15, -0.1) is 10.2 Å². The summed E-state index contributed by atoms with van der Waals surface area (Å²) in [4.78, 5) is 23.9. The van der Waals surface area contributed by atoms with Crippen LogP contribution in [0, 0.1) is 0 Å². The maximum absolute atomic E-state index is 12.6. The van der Waals surface area contributed by atoms with E-state index < -0.39 is 23.8 Å². The fraction of sp³-hybridized carbons (Fsp3) is 0.286. The van der Waals surface area contributed by atoms with E-state index in [1.54, 1.807) is 18.2 Å². The van der Waals surface area contributed by atoms with Crippen LogP contribution in [0.3, 0.4) is 0 Å². The third kappa shape index (κ3) is 4.50. The molecule has 1 aromatic carbocycles. The van der Waals surface area contributed by atoms with Gasteiger partial charge in [0.1, 0.15) is 5.75 Å². The predicted octanol–water partition coefficient (Wildman–Crippen LogP) is 1.89. The molecule has 0 aliphatic heterocycles. The second-order valence-corrected chi connectivity index (χ2v) is 5.67. The molecule has 11 heteroatoms. The third-order valence-corrected chi connectivity index (χ3v) is 4.05. The number of alkyl halides is 3. The summed E-state index contributed by atoms with van der Waals surface area (Å²) in [5.74, 6) is -2.52. The van der Waals surface area contributed by atoms with Crippen molar-refractivity contribution in [2.24, 2.45) is 7.05 Å². The molecular formula is C14H13F3N4O3S. The van der Waals surface area contributed by atoms with Gasteiger partial charge in [0.05, 0.1) is 18.4 Å². The quantitative estimate of drug-likeness (QED) is 0.805. The van der Waals surface area contributed by atoms with Gasteiger partial charge in [0, 0.05) is 7.05 Å². The lowest BCUT2D eigenvalue weighted by atomic mass is 10.2. The molecule has 1 N–H and O–H groups in total. The lowest BCUT2D eigenvalue weighted by molar-refractivity contribution is -0.147. The molecule has 2 rings (SSSR count). The maximum atomic E-state index is 12.6. The molecule has 0 unspecified atom stereocenters. The number of imide groups is 1. The highest BCUT2D eigenvalue weighted by Gasteiger charge is 2.37. The van der Waals surface area contributed by atoms with Crippen LogP contribution in [0.1, 0.15) is 16.2 Å². The van der Waals surface area contributed by atoms with Gasteiger partial charge >= 0.3 is 6.18 Å². The standard InChI is InChI=1S/C14H13F3N4O3S/c1-21-12(14(15,16)17)19-20-13(21)25-7-10(22)18-11(23)8-5-3-4-6-9(8)24-2/h3-6H,7H2,1-2H3,(H,18,22,23). The van der Waals surface area contributed by atoms with Crippen molar-refractivity contribution in [3.05, 3.63) is 35.7 Å². The first kappa shape index (κ1) is 18.8. The van der Waals surface area contributed by atoms with Crippen molar-refractivity contribution in [2.75, 3.05) is 12.9 Å². The lowest BCUT2D eigenvalue weighted by Crippen LogP contribution is -2.32. The Morgan fingerprint density at radius 2 is 1.96 bits per heavy atom. The molecular weight excluding hydrogens is 361 g/mol. The number of aromatic nitrogens is 3. The van der Waals surface area contributed by atoms with Gasteiger partial charge < -0.3 is 9.30 Å². The van der Waals surface area contributed by atoms with Crippen LogP contribution in [-0.2, 0) is 18.0 Å². The van der Waals surface area contributed by atoms with Crippen molar-refractivity contribution >= 4 is 23.6 Å². The zero-order valence-corrected chi connectivity index (χ0v) is 13.9. The number of halogens is 3. The number of amides is 2.